The number of nitrogens with two attached hydrogens (primary N) is 2. The second kappa shape index (κ2) is 9.72. The Morgan fingerprint density at radius 1 is 1.21 bits per heavy atom. The van der Waals surface area contributed by atoms with Crippen LogP contribution in [0.1, 0.15) is 28.9 Å². The van der Waals surface area contributed by atoms with E-state index in [-0.39, 0.29) is 52.9 Å². The van der Waals surface area contributed by atoms with Crippen LogP contribution in [0.5, 0.6) is 0 Å². The highest BCUT2D eigenvalue weighted by Gasteiger charge is 2.21. The number of carboxylic acid groups (broad SMARTS) is 2. The number of benzene rings is 1. The van der Waals surface area contributed by atoms with Crippen LogP contribution in [0.15, 0.2) is 30.5 Å². The number of nitrogens with one attached hydrogen (secondary N) is 1. The molecule has 0 spiro atoms. The summed E-state index contributed by atoms with van der Waals surface area (Å²) in [7, 11) is 1.71. The summed E-state index contributed by atoms with van der Waals surface area (Å²) in [6.07, 6.45) is 0.569. The third-order valence-corrected chi connectivity index (χ3v) is 4.55. The standard InChI is InChI=1S/C20H22N8O5/c1-28(9-11-8-23-17-15(24-11)16(21)26-20(22)27-17)12-4-2-10(3-5-12)18(31)25-13(19(32)33)6-7-14(29)30/h2-5,8,13H,6-7,9H2,1H3,(H,25,31)(H,29,30)(H,32,33)(H4,21,22,23,26,27)/t13-/m0/s1/i/hD7. The van der Waals surface area contributed by atoms with E-state index < -0.39 is 30.3 Å². The van der Waals surface area contributed by atoms with Crippen LogP contribution in [0.3, 0.4) is 0 Å². The van der Waals surface area contributed by atoms with E-state index in [0.29, 0.717) is 16.7 Å². The molecule has 0 saturated carbocycles. The molecule has 13 heteroatoms. The average molecular weight is 461 g/mol. The highest BCUT2D eigenvalue weighted by Crippen LogP contribution is 2.19. The zero-order valence-corrected chi connectivity index (χ0v) is 17.2. The third-order valence-electron chi connectivity index (χ3n) is 4.55. The van der Waals surface area contributed by atoms with Crippen molar-refractivity contribution in [3.05, 3.63) is 41.7 Å². The van der Waals surface area contributed by atoms with Crippen molar-refractivity contribution in [1.82, 2.24) is 25.2 Å². The average Bonchev–Trinajstić information content (AvgIpc) is 2.95. The van der Waals surface area contributed by atoms with E-state index in [4.69, 9.17) is 9.92 Å². The molecule has 0 aliphatic rings. The first-order valence-corrected chi connectivity index (χ1v) is 9.52. The summed E-state index contributed by atoms with van der Waals surface area (Å²) in [6, 6.07) is 4.37. The van der Waals surface area contributed by atoms with Crippen molar-refractivity contribution in [3.63, 3.8) is 0 Å². The van der Waals surface area contributed by atoms with Crippen molar-refractivity contribution in [3.8, 4) is 0 Å². The van der Waals surface area contributed by atoms with Crippen LogP contribution >= 0.6 is 0 Å². The van der Waals surface area contributed by atoms with Crippen molar-refractivity contribution in [2.45, 2.75) is 25.4 Å². The van der Waals surface area contributed by atoms with Crippen molar-refractivity contribution in [1.29, 1.82) is 2.86 Å². The molecular formula is C20H22N8O5. The number of rotatable bonds is 11. The van der Waals surface area contributed by atoms with Crippen LogP contribution in [-0.2, 0) is 16.1 Å². The van der Waals surface area contributed by atoms with Crippen LogP contribution in [0.2, 0.25) is 7.06 Å². The van der Waals surface area contributed by atoms with E-state index in [2.05, 4.69) is 30.2 Å². The fourth-order valence-electron chi connectivity index (χ4n) is 2.89. The molecule has 0 fully saturated rings. The Morgan fingerprint density at radius 2 is 2.03 bits per heavy atom. The SMILES string of the molecule is [2H]OC(=O)CC[C@@H](C(=O)O[2H])N([2H])C(=O)c1ccc(N(C)Cc2cnc3nc(N([2H])[2H])nc(N([2H])[2H])c3n2)cc1. The molecule has 1 atom stereocenters. The van der Waals surface area contributed by atoms with Gasteiger partial charge in [0.15, 0.2) is 24.0 Å². The lowest BCUT2D eigenvalue weighted by Gasteiger charge is -2.19. The van der Waals surface area contributed by atoms with Gasteiger partial charge in [0.25, 0.3) is 8.77 Å². The predicted molar refractivity (Wildman–Crippen MR) is 118 cm³/mol. The Balaban J connectivity index is 1.76. The lowest BCUT2D eigenvalue weighted by molar-refractivity contribution is -0.140. The highest BCUT2D eigenvalue weighted by molar-refractivity contribution is 5.97. The molecule has 0 radical (unpaired) electrons. The Labute approximate surface area is 197 Å². The Kier molecular flexibility index (Phi) is 4.50. The predicted octanol–water partition coefficient (Wildman–Crippen LogP) is 0.268. The molecule has 0 aliphatic heterocycles. The molecule has 172 valence electrons. The first-order chi connectivity index (χ1) is 19.0. The topological polar surface area (TPSA) is 211 Å². The van der Waals surface area contributed by atoms with Gasteiger partial charge >= 0.3 is 11.9 Å². The molecule has 33 heavy (non-hydrogen) atoms. The molecule has 3 aromatic rings. The quantitative estimate of drug-likeness (QED) is 0.260. The number of nitrogen functional groups attached to an aromatic ring is 2. The van der Waals surface area contributed by atoms with Gasteiger partial charge in [0.05, 0.1) is 18.4 Å². The lowest BCUT2D eigenvalue weighted by Crippen LogP contribution is -2.41. The second-order valence-electron chi connectivity index (χ2n) is 6.96. The maximum atomic E-state index is 12.8. The molecule has 0 saturated heterocycles. The zero-order valence-electron chi connectivity index (χ0n) is 24.2. The first-order valence-electron chi connectivity index (χ1n) is 12.6. The van der Waals surface area contributed by atoms with Gasteiger partial charge in [-0.2, -0.15) is 9.97 Å². The van der Waals surface area contributed by atoms with Crippen LogP contribution in [0.4, 0.5) is 17.5 Å². The second-order valence-corrected chi connectivity index (χ2v) is 6.96. The molecule has 0 bridgehead atoms. The van der Waals surface area contributed by atoms with E-state index in [1.165, 1.54) is 18.3 Å². The number of amides is 1. The Bertz CT molecular complexity index is 1390. The summed E-state index contributed by atoms with van der Waals surface area (Å²) in [5.41, 5.74) is 1.38. The van der Waals surface area contributed by atoms with Gasteiger partial charge in [-0.3, -0.25) is 9.59 Å². The van der Waals surface area contributed by atoms with E-state index in [9.17, 15) is 14.4 Å². The highest BCUT2D eigenvalue weighted by atomic mass is 16.4. The number of anilines is 3. The molecule has 0 aliphatic carbocycles. The monoisotopic (exact) mass is 461 g/mol. The smallest absolute Gasteiger partial charge is 0.326 e. The minimum atomic E-state index is -1.57. The van der Waals surface area contributed by atoms with E-state index in [0.717, 1.165) is 0 Å². The lowest BCUT2D eigenvalue weighted by atomic mass is 10.1. The van der Waals surface area contributed by atoms with Crippen molar-refractivity contribution in [2.75, 3.05) is 23.4 Å². The zero-order chi connectivity index (χ0) is 29.6. The van der Waals surface area contributed by atoms with E-state index >= 15 is 0 Å². The largest absolute Gasteiger partial charge is 0.481 e. The van der Waals surface area contributed by atoms with Gasteiger partial charge in [0.1, 0.15) is 6.04 Å². The molecule has 3 rings (SSSR count). The van der Waals surface area contributed by atoms with E-state index in [1.807, 2.05) is 0 Å². The third kappa shape index (κ3) is 5.78. The van der Waals surface area contributed by atoms with Gasteiger partial charge < -0.3 is 31.9 Å². The summed E-state index contributed by atoms with van der Waals surface area (Å²) >= 11 is 0. The Morgan fingerprint density at radius 3 is 2.73 bits per heavy atom. The van der Waals surface area contributed by atoms with Gasteiger partial charge in [-0.15, -0.1) is 0 Å². The maximum Gasteiger partial charge on any atom is 0.326 e. The van der Waals surface area contributed by atoms with Gasteiger partial charge in [0.2, 0.25) is 5.95 Å². The molecule has 2 aromatic heterocycles. The van der Waals surface area contributed by atoms with Gasteiger partial charge in [-0.25, -0.2) is 14.8 Å². The van der Waals surface area contributed by atoms with Crippen molar-refractivity contribution >= 4 is 46.5 Å². The number of carboxylic acids is 2. The molecule has 7 N–H and O–H groups in total. The van der Waals surface area contributed by atoms with Crippen molar-refractivity contribution in [2.24, 2.45) is 0 Å². The number of carbonyl (C=O) groups excluding carboxylic acids is 1. The molecule has 13 nitrogen and oxygen atoms in total. The molecule has 2 heterocycles. The number of nitrogens with zero attached hydrogens (tertiary/aromatic N) is 5. The summed E-state index contributed by atoms with van der Waals surface area (Å²) in [4.78, 5) is 53.9. The summed E-state index contributed by atoms with van der Waals surface area (Å²) in [5, 5.41) is 7.94. The minimum Gasteiger partial charge on any atom is -0.481 e. The summed E-state index contributed by atoms with van der Waals surface area (Å²) in [5.74, 6) is -3.76. The van der Waals surface area contributed by atoms with Crippen LogP contribution < -0.4 is 21.6 Å². The molecule has 1 aromatic carbocycles. The number of hydrogen-bond donors (Lipinski definition) is 5. The Hall–Kier alpha value is -4.55. The van der Waals surface area contributed by atoms with Crippen LogP contribution in [0.25, 0.3) is 14.0 Å². The number of aliphatic carboxylic acids is 2. The molecule has 1 amide bonds. The summed E-state index contributed by atoms with van der Waals surface area (Å²) in [6.45, 7) is 0.185. The van der Waals surface area contributed by atoms with Crippen molar-refractivity contribution < 1.29 is 31.7 Å². The number of carbonyl (C=O) groups is 3. The van der Waals surface area contributed by atoms with Gasteiger partial charge in [-0.1, -0.05) is 0 Å². The first kappa shape index (κ1) is 15.3. The number of fused-ring (bicyclic) bond motifs is 1. The fourth-order valence-corrected chi connectivity index (χ4v) is 2.89. The van der Waals surface area contributed by atoms with Gasteiger partial charge in [-0.05, 0) is 30.7 Å². The maximum absolute atomic E-state index is 12.8. The molecular weight excluding hydrogens is 432 g/mol. The van der Waals surface area contributed by atoms with Crippen LogP contribution in [0, 0.1) is 0 Å². The molecule has 0 unspecified atom stereocenters. The van der Waals surface area contributed by atoms with E-state index in [1.54, 1.807) is 24.1 Å². The number of aromatic nitrogens is 4. The minimum absolute atomic E-state index is 0.00703. The van der Waals surface area contributed by atoms with Crippen LogP contribution in [-0.4, -0.2) is 61.1 Å². The van der Waals surface area contributed by atoms with Gasteiger partial charge in [0, 0.05) is 24.7 Å². The normalized spacial score (nSPS) is 14.2. The number of hydrogen-bond acceptors (Lipinski definition) is 12. The fraction of sp³-hybridized carbons (Fsp3) is 0.250. The summed E-state index contributed by atoms with van der Waals surface area (Å²) < 4.78 is 51.2.